The van der Waals surface area contributed by atoms with Crippen molar-refractivity contribution in [2.75, 3.05) is 26.2 Å². The predicted molar refractivity (Wildman–Crippen MR) is 102 cm³/mol. The van der Waals surface area contributed by atoms with Gasteiger partial charge in [0.15, 0.2) is 0 Å². The Morgan fingerprint density at radius 2 is 1.68 bits per heavy atom. The number of hydrogen-bond acceptors (Lipinski definition) is 3. The van der Waals surface area contributed by atoms with E-state index in [0.29, 0.717) is 10.0 Å². The third-order valence-corrected chi connectivity index (χ3v) is 4.89. The fourth-order valence-corrected chi connectivity index (χ4v) is 4.10. The molecule has 2 aromatic rings. The summed E-state index contributed by atoms with van der Waals surface area (Å²) in [5.41, 5.74) is 1.17. The van der Waals surface area contributed by atoms with Crippen LogP contribution in [0.5, 0.6) is 0 Å². The number of hydrogen-bond donors (Lipinski definition) is 1. The van der Waals surface area contributed by atoms with Gasteiger partial charge < -0.3 is 5.32 Å². The minimum Gasteiger partial charge on any atom is -0.314 e. The molecule has 122 valence electrons. The van der Waals surface area contributed by atoms with Crippen LogP contribution < -0.4 is 5.32 Å². The second-order valence-corrected chi connectivity index (χ2v) is 6.76. The van der Waals surface area contributed by atoms with Gasteiger partial charge in [-0.2, -0.15) is 0 Å². The minimum absolute atomic E-state index is 0. The fraction of sp³-hybridized carbons (Fsp3) is 0.333. The molecule has 1 aromatic heterocycles. The van der Waals surface area contributed by atoms with E-state index >= 15 is 0 Å². The Morgan fingerprint density at radius 1 is 1.05 bits per heavy atom. The predicted octanol–water partition coefficient (Wildman–Crippen LogP) is 4.89. The van der Waals surface area contributed by atoms with Crippen molar-refractivity contribution >= 4 is 59.4 Å². The Labute approximate surface area is 157 Å². The molecule has 2 nitrogen and oxygen atoms in total. The van der Waals surface area contributed by atoms with Gasteiger partial charge in [-0.05, 0) is 35.2 Å². The van der Waals surface area contributed by atoms with Crippen LogP contribution in [0, 0.1) is 0 Å². The number of rotatable bonds is 3. The van der Waals surface area contributed by atoms with Crippen LogP contribution in [-0.2, 0) is 0 Å². The molecule has 1 aliphatic rings. The van der Waals surface area contributed by atoms with E-state index in [0.717, 1.165) is 26.2 Å². The van der Waals surface area contributed by atoms with Crippen molar-refractivity contribution in [3.05, 3.63) is 56.2 Å². The van der Waals surface area contributed by atoms with Crippen molar-refractivity contribution in [1.29, 1.82) is 0 Å². The summed E-state index contributed by atoms with van der Waals surface area (Å²) in [6.07, 6.45) is 0. The van der Waals surface area contributed by atoms with Crippen LogP contribution in [0.4, 0.5) is 0 Å². The van der Waals surface area contributed by atoms with E-state index in [1.54, 1.807) is 17.4 Å². The van der Waals surface area contributed by atoms with Crippen LogP contribution in [0.25, 0.3) is 0 Å². The van der Waals surface area contributed by atoms with E-state index in [-0.39, 0.29) is 30.9 Å². The first-order valence-electron chi connectivity index (χ1n) is 6.68. The molecule has 22 heavy (non-hydrogen) atoms. The lowest BCUT2D eigenvalue weighted by atomic mass is 10.0. The van der Waals surface area contributed by atoms with Gasteiger partial charge in [-0.3, -0.25) is 4.90 Å². The maximum absolute atomic E-state index is 6.18. The van der Waals surface area contributed by atoms with Crippen molar-refractivity contribution < 1.29 is 0 Å². The molecule has 1 saturated heterocycles. The number of thiophene rings is 1. The molecular formula is C15H18Cl4N2S. The van der Waals surface area contributed by atoms with Crippen LogP contribution in [0.2, 0.25) is 10.0 Å². The first-order chi connectivity index (χ1) is 9.74. The van der Waals surface area contributed by atoms with Crippen molar-refractivity contribution in [3.63, 3.8) is 0 Å². The van der Waals surface area contributed by atoms with E-state index in [2.05, 4.69) is 27.7 Å². The Balaban J connectivity index is 0.00000121. The monoisotopic (exact) mass is 398 g/mol. The Morgan fingerprint density at radius 3 is 2.23 bits per heavy atom. The number of halogens is 4. The quantitative estimate of drug-likeness (QED) is 0.789. The third kappa shape index (κ3) is 4.75. The second-order valence-electron chi connectivity index (χ2n) is 4.91. The smallest absolute Gasteiger partial charge is 0.0697 e. The SMILES string of the molecule is Cl.Cl.Clc1cc(Cl)cc([C@H](c2cccs2)N2CCNCC2)c1. The molecular weight excluding hydrogens is 382 g/mol. The van der Waals surface area contributed by atoms with Gasteiger partial charge in [0.25, 0.3) is 0 Å². The van der Waals surface area contributed by atoms with E-state index in [4.69, 9.17) is 23.2 Å². The van der Waals surface area contributed by atoms with E-state index in [1.165, 1.54) is 10.4 Å². The molecule has 0 aliphatic carbocycles. The van der Waals surface area contributed by atoms with E-state index < -0.39 is 0 Å². The van der Waals surface area contributed by atoms with Gasteiger partial charge in [0.2, 0.25) is 0 Å². The third-order valence-electron chi connectivity index (χ3n) is 3.53. The lowest BCUT2D eigenvalue weighted by Gasteiger charge is -2.35. The van der Waals surface area contributed by atoms with Gasteiger partial charge in [0.1, 0.15) is 0 Å². The van der Waals surface area contributed by atoms with Gasteiger partial charge in [0.05, 0.1) is 6.04 Å². The molecule has 2 heterocycles. The van der Waals surface area contributed by atoms with Gasteiger partial charge >= 0.3 is 0 Å². The Hall–Kier alpha value is -0.000000000000000250. The summed E-state index contributed by atoms with van der Waals surface area (Å²) >= 11 is 14.1. The van der Waals surface area contributed by atoms with Gasteiger partial charge in [-0.1, -0.05) is 29.3 Å². The number of benzene rings is 1. The highest BCUT2D eigenvalue weighted by Gasteiger charge is 2.25. The van der Waals surface area contributed by atoms with Crippen LogP contribution in [0.1, 0.15) is 16.5 Å². The van der Waals surface area contributed by atoms with Crippen LogP contribution in [0.3, 0.4) is 0 Å². The maximum Gasteiger partial charge on any atom is 0.0697 e. The van der Waals surface area contributed by atoms with Crippen molar-refractivity contribution in [2.24, 2.45) is 0 Å². The highest BCUT2D eigenvalue weighted by atomic mass is 35.5. The number of piperazine rings is 1. The average Bonchev–Trinajstić information content (AvgIpc) is 2.93. The van der Waals surface area contributed by atoms with E-state index in [1.807, 2.05) is 12.1 Å². The van der Waals surface area contributed by atoms with E-state index in [9.17, 15) is 0 Å². The van der Waals surface area contributed by atoms with Crippen LogP contribution >= 0.6 is 59.4 Å². The Bertz CT molecular complexity index is 551. The van der Waals surface area contributed by atoms with Gasteiger partial charge in [-0.25, -0.2) is 0 Å². The molecule has 0 saturated carbocycles. The molecule has 1 aromatic carbocycles. The zero-order valence-electron chi connectivity index (χ0n) is 11.8. The normalized spacial score (nSPS) is 16.5. The molecule has 1 aliphatic heterocycles. The summed E-state index contributed by atoms with van der Waals surface area (Å²) in [4.78, 5) is 3.83. The Kier molecular flexibility index (Phi) is 8.50. The van der Waals surface area contributed by atoms with Crippen molar-refractivity contribution in [1.82, 2.24) is 10.2 Å². The van der Waals surface area contributed by atoms with Crippen molar-refractivity contribution in [2.45, 2.75) is 6.04 Å². The molecule has 0 bridgehead atoms. The van der Waals surface area contributed by atoms with Gasteiger partial charge in [-0.15, -0.1) is 36.2 Å². The summed E-state index contributed by atoms with van der Waals surface area (Å²) < 4.78 is 0. The zero-order valence-corrected chi connectivity index (χ0v) is 15.8. The first kappa shape index (κ1) is 20.0. The zero-order chi connectivity index (χ0) is 13.9. The summed E-state index contributed by atoms with van der Waals surface area (Å²) in [5.74, 6) is 0. The summed E-state index contributed by atoms with van der Waals surface area (Å²) in [5, 5.41) is 6.92. The first-order valence-corrected chi connectivity index (χ1v) is 8.32. The molecule has 1 N–H and O–H groups in total. The van der Waals surface area contributed by atoms with Gasteiger partial charge in [0, 0.05) is 41.1 Å². The lowest BCUT2D eigenvalue weighted by molar-refractivity contribution is 0.200. The second kappa shape index (κ2) is 9.33. The molecule has 3 rings (SSSR count). The number of nitrogens with one attached hydrogen (secondary N) is 1. The summed E-state index contributed by atoms with van der Waals surface area (Å²) in [6.45, 7) is 4.12. The number of nitrogens with zero attached hydrogens (tertiary/aromatic N) is 1. The minimum atomic E-state index is 0. The van der Waals surface area contributed by atoms with Crippen molar-refractivity contribution in [3.8, 4) is 0 Å². The molecule has 7 heteroatoms. The molecule has 1 fully saturated rings. The maximum atomic E-state index is 6.18. The fourth-order valence-electron chi connectivity index (χ4n) is 2.68. The standard InChI is InChI=1S/C15H16Cl2N2S.2ClH/c16-12-8-11(9-13(17)10-12)15(14-2-1-7-20-14)19-5-3-18-4-6-19;;/h1-2,7-10,15,18H,3-6H2;2*1H/t15-;;/m1../s1. The lowest BCUT2D eigenvalue weighted by Crippen LogP contribution is -2.45. The topological polar surface area (TPSA) is 15.3 Å². The highest BCUT2D eigenvalue weighted by molar-refractivity contribution is 7.10. The molecule has 0 unspecified atom stereocenters. The molecule has 0 spiro atoms. The largest absolute Gasteiger partial charge is 0.314 e. The van der Waals surface area contributed by atoms with Crippen LogP contribution in [0.15, 0.2) is 35.7 Å². The molecule has 0 radical (unpaired) electrons. The summed E-state index contributed by atoms with van der Waals surface area (Å²) in [6, 6.07) is 10.4. The summed E-state index contributed by atoms with van der Waals surface area (Å²) in [7, 11) is 0. The highest BCUT2D eigenvalue weighted by Crippen LogP contribution is 2.34. The van der Waals surface area contributed by atoms with Crippen LogP contribution in [-0.4, -0.2) is 31.1 Å². The average molecular weight is 400 g/mol. The molecule has 1 atom stereocenters. The molecule has 0 amide bonds.